The molecule has 0 saturated carbocycles. The third-order valence-corrected chi connectivity index (χ3v) is 2.20. The first-order chi connectivity index (χ1) is 8.25. The quantitative estimate of drug-likeness (QED) is 0.569. The molecule has 0 amide bonds. The second-order valence-corrected chi connectivity index (χ2v) is 3.53. The number of nitrogens with zero attached hydrogens (tertiary/aromatic N) is 4. The smallest absolute Gasteiger partial charge is 0.240 e. The van der Waals surface area contributed by atoms with Crippen molar-refractivity contribution < 1.29 is 4.74 Å². The molecule has 90 valence electrons. The van der Waals surface area contributed by atoms with Gasteiger partial charge in [0.1, 0.15) is 5.75 Å². The molecule has 0 fully saturated rings. The van der Waals surface area contributed by atoms with Crippen LogP contribution in [0.1, 0.15) is 6.42 Å². The third kappa shape index (κ3) is 3.07. The summed E-state index contributed by atoms with van der Waals surface area (Å²) in [6.45, 7) is 1.18. The first-order valence-corrected chi connectivity index (χ1v) is 5.25. The van der Waals surface area contributed by atoms with Crippen LogP contribution in [0.3, 0.4) is 0 Å². The van der Waals surface area contributed by atoms with E-state index in [1.165, 1.54) is 4.68 Å². The fourth-order valence-corrected chi connectivity index (χ4v) is 1.38. The van der Waals surface area contributed by atoms with Gasteiger partial charge in [-0.25, -0.2) is 4.68 Å². The summed E-state index contributed by atoms with van der Waals surface area (Å²) in [6.07, 6.45) is 0.768. The summed E-state index contributed by atoms with van der Waals surface area (Å²) in [6, 6.07) is 7.31. The van der Waals surface area contributed by atoms with Crippen LogP contribution in [0.15, 0.2) is 24.3 Å². The van der Waals surface area contributed by atoms with Gasteiger partial charge in [0, 0.05) is 24.7 Å². The highest BCUT2D eigenvalue weighted by Gasteiger charge is 2.00. The Morgan fingerprint density at radius 2 is 2.18 bits per heavy atom. The molecule has 1 heterocycles. The van der Waals surface area contributed by atoms with Crippen LogP contribution in [0.2, 0.25) is 0 Å². The summed E-state index contributed by atoms with van der Waals surface area (Å²) in [5.74, 6) is 1.07. The van der Waals surface area contributed by atoms with Crippen LogP contribution in [0.5, 0.6) is 5.75 Å². The summed E-state index contributed by atoms with van der Waals surface area (Å²) < 4.78 is 7.05. The second-order valence-electron chi connectivity index (χ2n) is 3.53. The topological polar surface area (TPSA) is 105 Å². The molecule has 0 atom stereocenters. The molecule has 4 N–H and O–H groups in total. The lowest BCUT2D eigenvalue weighted by atomic mass is 10.3. The fraction of sp³-hybridized carbons (Fsp3) is 0.300. The van der Waals surface area contributed by atoms with Gasteiger partial charge in [-0.05, 0) is 22.6 Å². The Balaban J connectivity index is 1.75. The van der Waals surface area contributed by atoms with Crippen molar-refractivity contribution in [2.75, 3.05) is 18.1 Å². The maximum absolute atomic E-state index is 5.63. The predicted molar refractivity (Wildman–Crippen MR) is 63.2 cm³/mol. The van der Waals surface area contributed by atoms with Crippen molar-refractivity contribution in [2.45, 2.75) is 13.0 Å². The number of aromatic nitrogens is 4. The Morgan fingerprint density at radius 1 is 1.29 bits per heavy atom. The number of nitrogens with two attached hydrogens (primary N) is 2. The number of hydrogen-bond acceptors (Lipinski definition) is 6. The zero-order valence-electron chi connectivity index (χ0n) is 9.28. The molecule has 0 radical (unpaired) electrons. The third-order valence-electron chi connectivity index (χ3n) is 2.20. The Labute approximate surface area is 98.4 Å². The highest BCUT2D eigenvalue weighted by atomic mass is 16.5. The van der Waals surface area contributed by atoms with Crippen LogP contribution < -0.4 is 16.2 Å². The van der Waals surface area contributed by atoms with Crippen molar-refractivity contribution in [3.8, 4) is 5.75 Å². The van der Waals surface area contributed by atoms with Gasteiger partial charge in [-0.3, -0.25) is 0 Å². The predicted octanol–water partition coefficient (Wildman–Crippen LogP) is 0.307. The molecule has 0 aliphatic heterocycles. The number of benzene rings is 1. The van der Waals surface area contributed by atoms with E-state index in [1.54, 1.807) is 6.07 Å². The van der Waals surface area contributed by atoms with E-state index in [4.69, 9.17) is 16.2 Å². The summed E-state index contributed by atoms with van der Waals surface area (Å²) in [5, 5.41) is 10.8. The number of ether oxygens (including phenoxy) is 1. The lowest BCUT2D eigenvalue weighted by molar-refractivity contribution is 0.298. The maximum atomic E-state index is 5.63. The first kappa shape index (κ1) is 11.2. The molecule has 1 aromatic carbocycles. The van der Waals surface area contributed by atoms with Crippen molar-refractivity contribution in [2.24, 2.45) is 0 Å². The van der Waals surface area contributed by atoms with E-state index in [2.05, 4.69) is 15.5 Å². The SMILES string of the molecule is Nc1cccc(OCCCn2nnnc2N)c1. The number of hydrogen-bond donors (Lipinski definition) is 2. The summed E-state index contributed by atoms with van der Waals surface area (Å²) in [4.78, 5) is 0. The van der Waals surface area contributed by atoms with Gasteiger partial charge in [0.05, 0.1) is 6.61 Å². The van der Waals surface area contributed by atoms with Gasteiger partial charge in [0.2, 0.25) is 5.95 Å². The van der Waals surface area contributed by atoms with Crippen molar-refractivity contribution in [3.05, 3.63) is 24.3 Å². The number of anilines is 2. The number of nitrogen functional groups attached to an aromatic ring is 2. The van der Waals surface area contributed by atoms with E-state index in [9.17, 15) is 0 Å². The van der Waals surface area contributed by atoms with E-state index in [1.807, 2.05) is 18.2 Å². The Bertz CT molecular complexity index is 483. The van der Waals surface area contributed by atoms with Gasteiger partial charge in [0.15, 0.2) is 0 Å². The minimum absolute atomic E-state index is 0.314. The molecule has 2 rings (SSSR count). The highest BCUT2D eigenvalue weighted by Crippen LogP contribution is 2.14. The highest BCUT2D eigenvalue weighted by molar-refractivity contribution is 5.43. The molecule has 0 spiro atoms. The average molecular weight is 234 g/mol. The van der Waals surface area contributed by atoms with Gasteiger partial charge >= 0.3 is 0 Å². The molecular formula is C10H14N6O. The molecule has 0 aliphatic carbocycles. The molecule has 0 aliphatic rings. The van der Waals surface area contributed by atoms with Crippen LogP contribution in [0.4, 0.5) is 11.6 Å². The molecular weight excluding hydrogens is 220 g/mol. The maximum Gasteiger partial charge on any atom is 0.240 e. The van der Waals surface area contributed by atoms with Crippen molar-refractivity contribution >= 4 is 11.6 Å². The monoisotopic (exact) mass is 234 g/mol. The van der Waals surface area contributed by atoms with E-state index in [0.29, 0.717) is 24.8 Å². The Kier molecular flexibility index (Phi) is 3.39. The number of aryl methyl sites for hydroxylation is 1. The molecule has 0 bridgehead atoms. The molecule has 1 aromatic heterocycles. The first-order valence-electron chi connectivity index (χ1n) is 5.25. The second kappa shape index (κ2) is 5.15. The molecule has 7 heteroatoms. The van der Waals surface area contributed by atoms with E-state index < -0.39 is 0 Å². The fourth-order valence-electron chi connectivity index (χ4n) is 1.38. The van der Waals surface area contributed by atoms with Gasteiger partial charge in [0.25, 0.3) is 0 Å². The number of tetrazole rings is 1. The lowest BCUT2D eigenvalue weighted by Crippen LogP contribution is -2.08. The molecule has 2 aromatic rings. The van der Waals surface area contributed by atoms with Gasteiger partial charge in [-0.1, -0.05) is 11.2 Å². The van der Waals surface area contributed by atoms with E-state index >= 15 is 0 Å². The largest absolute Gasteiger partial charge is 0.493 e. The van der Waals surface area contributed by atoms with Crippen molar-refractivity contribution in [1.82, 2.24) is 20.2 Å². The van der Waals surface area contributed by atoms with Gasteiger partial charge in [-0.15, -0.1) is 0 Å². The normalized spacial score (nSPS) is 10.4. The summed E-state index contributed by atoms with van der Waals surface area (Å²) in [7, 11) is 0. The van der Waals surface area contributed by atoms with Gasteiger partial charge < -0.3 is 16.2 Å². The zero-order valence-corrected chi connectivity index (χ0v) is 9.28. The van der Waals surface area contributed by atoms with Crippen LogP contribution in [0.25, 0.3) is 0 Å². The van der Waals surface area contributed by atoms with Crippen LogP contribution in [-0.4, -0.2) is 26.8 Å². The van der Waals surface area contributed by atoms with Gasteiger partial charge in [-0.2, -0.15) is 0 Å². The number of rotatable bonds is 5. The Hall–Kier alpha value is -2.31. The summed E-state index contributed by atoms with van der Waals surface area (Å²) in [5.41, 5.74) is 11.8. The lowest BCUT2D eigenvalue weighted by Gasteiger charge is -2.06. The molecule has 7 nitrogen and oxygen atoms in total. The van der Waals surface area contributed by atoms with Crippen LogP contribution in [0, 0.1) is 0 Å². The van der Waals surface area contributed by atoms with Crippen molar-refractivity contribution in [1.29, 1.82) is 0 Å². The average Bonchev–Trinajstić information content (AvgIpc) is 2.71. The standard InChI is InChI=1S/C10H14N6O/c11-8-3-1-4-9(7-8)17-6-2-5-16-10(12)13-14-15-16/h1,3-4,7H,2,5-6,11H2,(H2,12,13,15). The minimum Gasteiger partial charge on any atom is -0.493 e. The van der Waals surface area contributed by atoms with Crippen LogP contribution >= 0.6 is 0 Å². The molecule has 0 saturated heterocycles. The Morgan fingerprint density at radius 3 is 2.88 bits per heavy atom. The summed E-state index contributed by atoms with van der Waals surface area (Å²) >= 11 is 0. The zero-order chi connectivity index (χ0) is 12.1. The van der Waals surface area contributed by atoms with Crippen LogP contribution in [-0.2, 0) is 6.54 Å². The minimum atomic E-state index is 0.314. The van der Waals surface area contributed by atoms with E-state index in [0.717, 1.165) is 12.2 Å². The van der Waals surface area contributed by atoms with Crippen molar-refractivity contribution in [3.63, 3.8) is 0 Å². The van der Waals surface area contributed by atoms with E-state index in [-0.39, 0.29) is 0 Å². The molecule has 0 unspecified atom stereocenters. The molecule has 17 heavy (non-hydrogen) atoms.